The molecule has 0 spiro atoms. The number of hydrogen-bond acceptors (Lipinski definition) is 5. The van der Waals surface area contributed by atoms with E-state index in [0.29, 0.717) is 11.6 Å². The second-order valence-corrected chi connectivity index (χ2v) is 6.20. The quantitative estimate of drug-likeness (QED) is 0.803. The van der Waals surface area contributed by atoms with E-state index in [4.69, 9.17) is 5.73 Å². The SMILES string of the molecule is Cc1nc(CS(C)(=O)=O)sc1CN. The molecule has 0 fully saturated rings. The molecule has 1 heterocycles. The van der Waals surface area contributed by atoms with Crippen molar-refractivity contribution in [1.29, 1.82) is 0 Å². The van der Waals surface area contributed by atoms with Crippen molar-refractivity contribution in [3.63, 3.8) is 0 Å². The molecule has 1 aromatic rings. The third-order valence-electron chi connectivity index (χ3n) is 1.51. The first-order valence-electron chi connectivity index (χ1n) is 3.75. The summed E-state index contributed by atoms with van der Waals surface area (Å²) in [5.41, 5.74) is 6.29. The van der Waals surface area contributed by atoms with Crippen LogP contribution in [0.15, 0.2) is 0 Å². The van der Waals surface area contributed by atoms with E-state index in [1.165, 1.54) is 17.6 Å². The molecule has 0 aliphatic heterocycles. The van der Waals surface area contributed by atoms with Crippen LogP contribution in [0.25, 0.3) is 0 Å². The van der Waals surface area contributed by atoms with Gasteiger partial charge in [-0.15, -0.1) is 11.3 Å². The topological polar surface area (TPSA) is 73.0 Å². The summed E-state index contributed by atoms with van der Waals surface area (Å²) in [6.07, 6.45) is 1.20. The van der Waals surface area contributed by atoms with Crippen LogP contribution in [0.4, 0.5) is 0 Å². The van der Waals surface area contributed by atoms with Crippen LogP contribution in [0.2, 0.25) is 0 Å². The zero-order valence-electron chi connectivity index (χ0n) is 7.57. The first-order chi connectivity index (χ1) is 5.92. The molecule has 0 aromatic carbocycles. The van der Waals surface area contributed by atoms with Crippen molar-refractivity contribution >= 4 is 21.2 Å². The summed E-state index contributed by atoms with van der Waals surface area (Å²) in [6, 6.07) is 0. The average molecular weight is 220 g/mol. The zero-order valence-corrected chi connectivity index (χ0v) is 9.20. The molecule has 1 aromatic heterocycles. The highest BCUT2D eigenvalue weighted by Gasteiger charge is 2.11. The molecule has 1 rings (SSSR count). The highest BCUT2D eigenvalue weighted by molar-refractivity contribution is 7.90. The summed E-state index contributed by atoms with van der Waals surface area (Å²) in [7, 11) is -2.98. The Labute approximate surface area is 81.7 Å². The monoisotopic (exact) mass is 220 g/mol. The number of rotatable bonds is 3. The fraction of sp³-hybridized carbons (Fsp3) is 0.571. The van der Waals surface area contributed by atoms with Crippen LogP contribution in [-0.4, -0.2) is 19.7 Å². The molecule has 0 atom stereocenters. The van der Waals surface area contributed by atoms with Crippen molar-refractivity contribution < 1.29 is 8.42 Å². The maximum absolute atomic E-state index is 10.9. The fourth-order valence-electron chi connectivity index (χ4n) is 0.964. The summed E-state index contributed by atoms with van der Waals surface area (Å²) >= 11 is 1.37. The maximum Gasteiger partial charge on any atom is 0.153 e. The van der Waals surface area contributed by atoms with Gasteiger partial charge in [0.2, 0.25) is 0 Å². The Morgan fingerprint density at radius 1 is 1.54 bits per heavy atom. The highest BCUT2D eigenvalue weighted by atomic mass is 32.2. The molecule has 13 heavy (non-hydrogen) atoms. The zero-order chi connectivity index (χ0) is 10.1. The lowest BCUT2D eigenvalue weighted by Gasteiger charge is -1.90. The second-order valence-electron chi connectivity index (χ2n) is 2.89. The number of nitrogens with zero attached hydrogens (tertiary/aromatic N) is 1. The molecule has 0 saturated heterocycles. The van der Waals surface area contributed by atoms with Crippen LogP contribution < -0.4 is 5.73 Å². The minimum atomic E-state index is -2.98. The summed E-state index contributed by atoms with van der Waals surface area (Å²) in [5.74, 6) is 0.0124. The Hall–Kier alpha value is -0.460. The van der Waals surface area contributed by atoms with Gasteiger partial charge >= 0.3 is 0 Å². The fourth-order valence-corrected chi connectivity index (χ4v) is 3.10. The van der Waals surface area contributed by atoms with E-state index in [2.05, 4.69) is 4.98 Å². The van der Waals surface area contributed by atoms with Gasteiger partial charge in [0.15, 0.2) is 9.84 Å². The average Bonchev–Trinajstić information content (AvgIpc) is 2.26. The van der Waals surface area contributed by atoms with Crippen molar-refractivity contribution in [2.45, 2.75) is 19.2 Å². The third kappa shape index (κ3) is 3.06. The molecule has 4 nitrogen and oxygen atoms in total. The molecule has 2 N–H and O–H groups in total. The summed E-state index contributed by atoms with van der Waals surface area (Å²) in [4.78, 5) is 5.08. The Bertz CT molecular complexity index is 395. The predicted octanol–water partition coefficient (Wildman–Crippen LogP) is 0.455. The number of aryl methyl sites for hydroxylation is 1. The Morgan fingerprint density at radius 2 is 2.15 bits per heavy atom. The number of sulfone groups is 1. The van der Waals surface area contributed by atoms with Crippen LogP contribution >= 0.6 is 11.3 Å². The summed E-state index contributed by atoms with van der Waals surface area (Å²) in [6.45, 7) is 2.26. The highest BCUT2D eigenvalue weighted by Crippen LogP contribution is 2.18. The molecule has 0 amide bonds. The summed E-state index contributed by atoms with van der Waals surface area (Å²) < 4.78 is 21.9. The Kier molecular flexibility index (Phi) is 3.05. The molecule has 6 heteroatoms. The Morgan fingerprint density at radius 3 is 2.54 bits per heavy atom. The molecular weight excluding hydrogens is 208 g/mol. The molecule has 0 aliphatic rings. The van der Waals surface area contributed by atoms with Crippen molar-refractivity contribution in [2.24, 2.45) is 5.73 Å². The van der Waals surface area contributed by atoms with E-state index in [1.54, 1.807) is 0 Å². The van der Waals surface area contributed by atoms with E-state index < -0.39 is 9.84 Å². The third-order valence-corrected chi connectivity index (χ3v) is 3.67. The number of aromatic nitrogens is 1. The van der Waals surface area contributed by atoms with Crippen molar-refractivity contribution in [2.75, 3.05) is 6.26 Å². The largest absolute Gasteiger partial charge is 0.326 e. The second kappa shape index (κ2) is 3.73. The minimum absolute atomic E-state index is 0.0124. The van der Waals surface area contributed by atoms with E-state index >= 15 is 0 Å². The van der Waals surface area contributed by atoms with Gasteiger partial charge in [-0.2, -0.15) is 0 Å². The number of hydrogen-bond donors (Lipinski definition) is 1. The molecule has 0 radical (unpaired) electrons. The lowest BCUT2D eigenvalue weighted by atomic mass is 10.4. The molecule has 74 valence electrons. The van der Waals surface area contributed by atoms with E-state index in [9.17, 15) is 8.42 Å². The molecule has 0 bridgehead atoms. The lowest BCUT2D eigenvalue weighted by molar-refractivity contribution is 0.601. The number of thiazole rings is 1. The molecule has 0 saturated carbocycles. The first kappa shape index (κ1) is 10.6. The lowest BCUT2D eigenvalue weighted by Crippen LogP contribution is -1.99. The van der Waals surface area contributed by atoms with Crippen molar-refractivity contribution in [3.05, 3.63) is 15.6 Å². The van der Waals surface area contributed by atoms with Gasteiger partial charge in [-0.05, 0) is 6.92 Å². The van der Waals surface area contributed by atoms with E-state index in [1.807, 2.05) is 6.92 Å². The minimum Gasteiger partial charge on any atom is -0.326 e. The van der Waals surface area contributed by atoms with Gasteiger partial charge in [0, 0.05) is 17.7 Å². The van der Waals surface area contributed by atoms with Crippen LogP contribution in [0.1, 0.15) is 15.6 Å². The summed E-state index contributed by atoms with van der Waals surface area (Å²) in [5, 5.41) is 0.625. The normalized spacial score (nSPS) is 11.9. The number of nitrogens with two attached hydrogens (primary N) is 1. The van der Waals surface area contributed by atoms with Gasteiger partial charge < -0.3 is 5.73 Å². The molecule has 0 unspecified atom stereocenters. The van der Waals surface area contributed by atoms with Crippen LogP contribution in [-0.2, 0) is 22.1 Å². The maximum atomic E-state index is 10.9. The smallest absolute Gasteiger partial charge is 0.153 e. The first-order valence-corrected chi connectivity index (χ1v) is 6.63. The standard InChI is InChI=1S/C7H12N2O2S2/c1-5-6(3-8)12-7(9-5)4-13(2,10)11/h3-4,8H2,1-2H3. The van der Waals surface area contributed by atoms with Crippen molar-refractivity contribution in [3.8, 4) is 0 Å². The molecular formula is C7H12N2O2S2. The van der Waals surface area contributed by atoms with Crippen molar-refractivity contribution in [1.82, 2.24) is 4.98 Å². The van der Waals surface area contributed by atoms with Gasteiger partial charge in [-0.1, -0.05) is 0 Å². The van der Waals surface area contributed by atoms with Gasteiger partial charge in [-0.25, -0.2) is 13.4 Å². The van der Waals surface area contributed by atoms with E-state index in [-0.39, 0.29) is 5.75 Å². The predicted molar refractivity (Wildman–Crippen MR) is 53.3 cm³/mol. The van der Waals surface area contributed by atoms with Gasteiger partial charge in [-0.3, -0.25) is 0 Å². The van der Waals surface area contributed by atoms with Crippen LogP contribution in [0, 0.1) is 6.92 Å². The van der Waals surface area contributed by atoms with Gasteiger partial charge in [0.05, 0.1) is 5.69 Å². The Balaban J connectivity index is 2.92. The van der Waals surface area contributed by atoms with Crippen LogP contribution in [0.5, 0.6) is 0 Å². The van der Waals surface area contributed by atoms with Gasteiger partial charge in [0.1, 0.15) is 10.8 Å². The van der Waals surface area contributed by atoms with Crippen LogP contribution in [0.3, 0.4) is 0 Å². The van der Waals surface area contributed by atoms with E-state index in [0.717, 1.165) is 10.6 Å². The molecule has 0 aliphatic carbocycles. The van der Waals surface area contributed by atoms with Gasteiger partial charge in [0.25, 0.3) is 0 Å².